The molecule has 1 amide bonds. The molecule has 8 heteroatoms. The third kappa shape index (κ3) is 2.44. The van der Waals surface area contributed by atoms with Gasteiger partial charge in [0.1, 0.15) is 17.6 Å². The molecule has 1 aliphatic heterocycles. The van der Waals surface area contributed by atoms with Gasteiger partial charge in [-0.25, -0.2) is 4.98 Å². The molecule has 3 N–H and O–H groups in total. The van der Waals surface area contributed by atoms with Crippen LogP contribution >= 0.6 is 11.3 Å². The van der Waals surface area contributed by atoms with Crippen molar-refractivity contribution >= 4 is 33.0 Å². The highest BCUT2D eigenvalue weighted by Crippen LogP contribution is 2.25. The molecule has 3 aromatic heterocycles. The molecule has 0 saturated carbocycles. The molecule has 1 aliphatic rings. The van der Waals surface area contributed by atoms with E-state index in [9.17, 15) is 9.59 Å². The lowest BCUT2D eigenvalue weighted by Gasteiger charge is -2.14. The Morgan fingerprint density at radius 1 is 1.46 bits per heavy atom. The maximum absolute atomic E-state index is 12.5. The third-order valence-electron chi connectivity index (χ3n) is 4.16. The Hall–Kier alpha value is -2.74. The molecule has 0 aromatic carbocycles. The van der Waals surface area contributed by atoms with Crippen LogP contribution in [0.15, 0.2) is 35.5 Å². The summed E-state index contributed by atoms with van der Waals surface area (Å²) in [7, 11) is 0. The summed E-state index contributed by atoms with van der Waals surface area (Å²) < 4.78 is 2.55. The van der Waals surface area contributed by atoms with Gasteiger partial charge in [0.2, 0.25) is 5.91 Å². The molecule has 0 bridgehead atoms. The van der Waals surface area contributed by atoms with Crippen LogP contribution in [0.3, 0.4) is 0 Å². The summed E-state index contributed by atoms with van der Waals surface area (Å²) >= 11 is 1.62. The van der Waals surface area contributed by atoms with Crippen molar-refractivity contribution in [2.75, 3.05) is 5.73 Å². The smallest absolute Gasteiger partial charge is 0.277 e. The fraction of sp³-hybridized carbons (Fsp3) is 0.250. The lowest BCUT2D eigenvalue weighted by atomic mass is 10.2. The fourth-order valence-electron chi connectivity index (χ4n) is 2.99. The van der Waals surface area contributed by atoms with Crippen molar-refractivity contribution in [2.45, 2.75) is 25.4 Å². The number of amides is 1. The van der Waals surface area contributed by atoms with Crippen LogP contribution in [0.1, 0.15) is 23.2 Å². The highest BCUT2D eigenvalue weighted by Gasteiger charge is 2.30. The van der Waals surface area contributed by atoms with Crippen molar-refractivity contribution in [3.63, 3.8) is 0 Å². The van der Waals surface area contributed by atoms with Crippen LogP contribution in [0.25, 0.3) is 10.1 Å². The molecular formula is C16H15N5O2S. The van der Waals surface area contributed by atoms with Crippen molar-refractivity contribution in [1.29, 1.82) is 0 Å². The van der Waals surface area contributed by atoms with E-state index in [1.165, 1.54) is 10.8 Å². The SMILES string of the molecule is Nc1cnc2n(c1=O)C(C(=O)NCc1cc3cnccc3s1)CC2. The van der Waals surface area contributed by atoms with Gasteiger partial charge in [0.05, 0.1) is 12.7 Å². The van der Waals surface area contributed by atoms with Gasteiger partial charge in [-0.2, -0.15) is 0 Å². The number of thiophene rings is 1. The number of nitrogens with two attached hydrogens (primary N) is 1. The summed E-state index contributed by atoms with van der Waals surface area (Å²) in [4.78, 5) is 34.0. The Morgan fingerprint density at radius 2 is 2.33 bits per heavy atom. The topological polar surface area (TPSA) is 103 Å². The molecule has 4 rings (SSSR count). The van der Waals surface area contributed by atoms with Crippen LogP contribution in [-0.2, 0) is 17.8 Å². The lowest BCUT2D eigenvalue weighted by Crippen LogP contribution is -2.36. The van der Waals surface area contributed by atoms with Crippen LogP contribution in [0.4, 0.5) is 5.69 Å². The van der Waals surface area contributed by atoms with Gasteiger partial charge < -0.3 is 11.1 Å². The van der Waals surface area contributed by atoms with Gasteiger partial charge in [0.15, 0.2) is 0 Å². The van der Waals surface area contributed by atoms with Gasteiger partial charge in [-0.15, -0.1) is 11.3 Å². The first-order valence-corrected chi connectivity index (χ1v) is 8.41. The summed E-state index contributed by atoms with van der Waals surface area (Å²) in [6.07, 6.45) is 6.08. The molecule has 0 aliphatic carbocycles. The molecule has 24 heavy (non-hydrogen) atoms. The van der Waals surface area contributed by atoms with E-state index in [0.717, 1.165) is 15.0 Å². The zero-order valence-electron chi connectivity index (χ0n) is 12.7. The van der Waals surface area contributed by atoms with Crippen LogP contribution < -0.4 is 16.6 Å². The Bertz CT molecular complexity index is 961. The number of nitrogen functional groups attached to an aromatic ring is 1. The number of rotatable bonds is 3. The van der Waals surface area contributed by atoms with Gasteiger partial charge >= 0.3 is 0 Å². The first kappa shape index (κ1) is 14.8. The van der Waals surface area contributed by atoms with Crippen molar-refractivity contribution in [3.05, 3.63) is 51.8 Å². The Kier molecular flexibility index (Phi) is 3.53. The highest BCUT2D eigenvalue weighted by molar-refractivity contribution is 7.19. The predicted molar refractivity (Wildman–Crippen MR) is 91.7 cm³/mol. The molecule has 0 saturated heterocycles. The molecule has 122 valence electrons. The van der Waals surface area contributed by atoms with Gasteiger partial charge in [-0.1, -0.05) is 0 Å². The predicted octanol–water partition coefficient (Wildman–Crippen LogP) is 1.24. The fourth-order valence-corrected chi connectivity index (χ4v) is 3.96. The normalized spacial score (nSPS) is 16.2. The van der Waals surface area contributed by atoms with E-state index in [1.807, 2.05) is 12.1 Å². The maximum atomic E-state index is 12.5. The number of aromatic nitrogens is 3. The number of aryl methyl sites for hydroxylation is 1. The summed E-state index contributed by atoms with van der Waals surface area (Å²) in [6.45, 7) is 0.425. The van der Waals surface area contributed by atoms with Gasteiger partial charge in [0, 0.05) is 33.8 Å². The van der Waals surface area contributed by atoms with E-state index >= 15 is 0 Å². The first-order valence-electron chi connectivity index (χ1n) is 7.59. The monoisotopic (exact) mass is 341 g/mol. The second kappa shape index (κ2) is 5.72. The van der Waals surface area contributed by atoms with Crippen LogP contribution in [-0.4, -0.2) is 20.4 Å². The number of anilines is 1. The lowest BCUT2D eigenvalue weighted by molar-refractivity contribution is -0.124. The highest BCUT2D eigenvalue weighted by atomic mass is 32.1. The second-order valence-corrected chi connectivity index (χ2v) is 6.87. The summed E-state index contributed by atoms with van der Waals surface area (Å²) in [5.41, 5.74) is 5.35. The summed E-state index contributed by atoms with van der Waals surface area (Å²) in [5.74, 6) is 0.432. The summed E-state index contributed by atoms with van der Waals surface area (Å²) in [6, 6.07) is 3.42. The molecule has 3 aromatic rings. The number of nitrogens with zero attached hydrogens (tertiary/aromatic N) is 3. The average Bonchev–Trinajstić information content (AvgIpc) is 3.20. The van der Waals surface area contributed by atoms with Gasteiger partial charge in [-0.3, -0.25) is 19.1 Å². The standard InChI is InChI=1S/C16H15N5O2S/c17-11-8-19-14-2-1-12(21(14)16(11)23)15(22)20-7-10-5-9-6-18-4-3-13(9)24-10/h3-6,8,12H,1-2,7,17H2,(H,20,22). The van der Waals surface area contributed by atoms with E-state index in [2.05, 4.69) is 15.3 Å². The van der Waals surface area contributed by atoms with E-state index in [1.54, 1.807) is 23.7 Å². The number of carbonyl (C=O) groups is 1. The Balaban J connectivity index is 1.52. The Morgan fingerprint density at radius 3 is 3.17 bits per heavy atom. The van der Waals surface area contributed by atoms with Crippen molar-refractivity contribution in [1.82, 2.24) is 19.9 Å². The zero-order chi connectivity index (χ0) is 16.7. The number of fused-ring (bicyclic) bond motifs is 2. The molecule has 7 nitrogen and oxygen atoms in total. The van der Waals surface area contributed by atoms with Crippen molar-refractivity contribution in [3.8, 4) is 0 Å². The van der Waals surface area contributed by atoms with Crippen LogP contribution in [0.2, 0.25) is 0 Å². The molecule has 0 radical (unpaired) electrons. The average molecular weight is 341 g/mol. The maximum Gasteiger partial charge on any atom is 0.277 e. The van der Waals surface area contributed by atoms with Crippen LogP contribution in [0, 0.1) is 0 Å². The molecule has 0 spiro atoms. The van der Waals surface area contributed by atoms with E-state index in [0.29, 0.717) is 25.2 Å². The minimum Gasteiger partial charge on any atom is -0.393 e. The third-order valence-corrected chi connectivity index (χ3v) is 5.27. The number of carbonyl (C=O) groups excluding carboxylic acids is 1. The van der Waals surface area contributed by atoms with E-state index < -0.39 is 6.04 Å². The van der Waals surface area contributed by atoms with E-state index in [4.69, 9.17) is 5.73 Å². The molecule has 4 heterocycles. The minimum atomic E-state index is -0.542. The molecular weight excluding hydrogens is 326 g/mol. The molecule has 0 fully saturated rings. The first-order chi connectivity index (χ1) is 11.6. The largest absolute Gasteiger partial charge is 0.393 e. The zero-order valence-corrected chi connectivity index (χ0v) is 13.5. The van der Waals surface area contributed by atoms with Gasteiger partial charge in [-0.05, 0) is 18.6 Å². The quantitative estimate of drug-likeness (QED) is 0.746. The number of hydrogen-bond donors (Lipinski definition) is 2. The van der Waals surface area contributed by atoms with E-state index in [-0.39, 0.29) is 17.2 Å². The second-order valence-electron chi connectivity index (χ2n) is 5.70. The Labute approximate surface area is 141 Å². The molecule has 1 unspecified atom stereocenters. The summed E-state index contributed by atoms with van der Waals surface area (Å²) in [5, 5.41) is 3.97. The minimum absolute atomic E-state index is 0.0652. The van der Waals surface area contributed by atoms with Crippen LogP contribution in [0.5, 0.6) is 0 Å². The van der Waals surface area contributed by atoms with Crippen molar-refractivity contribution < 1.29 is 4.79 Å². The number of hydrogen-bond acceptors (Lipinski definition) is 6. The number of nitrogens with one attached hydrogen (secondary N) is 1. The number of pyridine rings is 1. The van der Waals surface area contributed by atoms with Crippen molar-refractivity contribution in [2.24, 2.45) is 0 Å². The van der Waals surface area contributed by atoms with Gasteiger partial charge in [0.25, 0.3) is 5.56 Å². The molecule has 1 atom stereocenters.